The van der Waals surface area contributed by atoms with Crippen LogP contribution in [0.15, 0.2) is 33.1 Å². The van der Waals surface area contributed by atoms with Gasteiger partial charge in [-0.25, -0.2) is 18.4 Å². The normalized spacial score (nSPS) is 19.6. The smallest absolute Gasteiger partial charge is 0.314 e. The van der Waals surface area contributed by atoms with Crippen LogP contribution in [0.1, 0.15) is 0 Å². The number of sulfonamides is 1. The van der Waals surface area contributed by atoms with Crippen LogP contribution < -0.4 is 16.0 Å². The van der Waals surface area contributed by atoms with Crippen molar-refractivity contribution >= 4 is 21.8 Å². The van der Waals surface area contributed by atoms with Gasteiger partial charge in [0.05, 0.1) is 15.6 Å². The van der Waals surface area contributed by atoms with E-state index in [1.54, 1.807) is 0 Å². The van der Waals surface area contributed by atoms with Crippen molar-refractivity contribution in [1.82, 2.24) is 9.62 Å². The van der Waals surface area contributed by atoms with Gasteiger partial charge < -0.3 is 5.32 Å². The monoisotopic (exact) mass is 308 g/mol. The lowest BCUT2D eigenvalue weighted by atomic mass is 10.3. The molecule has 0 spiro atoms. The molecule has 0 radical (unpaired) electrons. The molecule has 8 nitrogen and oxygen atoms in total. The summed E-state index contributed by atoms with van der Waals surface area (Å²) in [7, 11) is -3.63. The van der Waals surface area contributed by atoms with Crippen LogP contribution in [-0.2, 0) is 19.6 Å². The summed E-state index contributed by atoms with van der Waals surface area (Å²) in [6, 6.07) is 4.04. The summed E-state index contributed by atoms with van der Waals surface area (Å²) in [6.45, 7) is 1.96. The first kappa shape index (κ1) is 14.0. The zero-order valence-electron chi connectivity index (χ0n) is 10.9. The molecular weight excluding hydrogens is 296 g/mol. The van der Waals surface area contributed by atoms with Crippen molar-refractivity contribution in [3.05, 3.63) is 28.9 Å². The Kier molecular flexibility index (Phi) is 3.40. The van der Waals surface area contributed by atoms with Crippen LogP contribution >= 0.6 is 0 Å². The highest BCUT2D eigenvalue weighted by Crippen LogP contribution is 2.13. The Balaban J connectivity index is 2.07. The van der Waals surface area contributed by atoms with E-state index >= 15 is 0 Å². The molecule has 1 N–H and O–H groups in total. The molecule has 0 atom stereocenters. The predicted octanol–water partition coefficient (Wildman–Crippen LogP) is -2.41. The van der Waals surface area contributed by atoms with Gasteiger partial charge in [-0.15, -0.1) is 0 Å². The molecule has 1 aromatic carbocycles. The van der Waals surface area contributed by atoms with Crippen LogP contribution in [0.5, 0.6) is 0 Å². The number of amides is 2. The highest BCUT2D eigenvalue weighted by atomic mass is 32.2. The molecule has 2 aliphatic rings. The lowest BCUT2D eigenvalue weighted by Crippen LogP contribution is -2.46. The number of hydrogen-bond donors (Lipinski definition) is 1. The molecule has 0 aromatic heterocycles. The molecule has 1 aromatic rings. The Labute approximate surface area is 120 Å². The van der Waals surface area contributed by atoms with Gasteiger partial charge in [-0.05, 0) is 18.2 Å². The molecule has 110 valence electrons. The van der Waals surface area contributed by atoms with Crippen LogP contribution in [-0.4, -0.2) is 50.7 Å². The molecule has 2 heterocycles. The Bertz CT molecular complexity index is 840. The largest absolute Gasteiger partial charge is 0.338 e. The number of piperazine rings is 1. The minimum atomic E-state index is -3.63. The lowest BCUT2D eigenvalue weighted by molar-refractivity contribution is -0.135. The third-order valence-electron chi connectivity index (χ3n) is 3.29. The van der Waals surface area contributed by atoms with Crippen LogP contribution in [0.25, 0.3) is 0 Å². The Hall–Kier alpha value is -1.97. The quantitative estimate of drug-likeness (QED) is 0.612. The standard InChI is InChI=1S/C12H12N4O4S/c17-11-12(18)15-10-7-8(1-2-9(10)14-11)21(19,20)16-5-3-13-4-6-16/h1-2,7,13H,3-6H2. The van der Waals surface area contributed by atoms with Crippen molar-refractivity contribution in [3.8, 4) is 0 Å². The SMILES string of the molecule is O=C1N=c2ccc(S(=O)(=O)N3CCNCC3)cc2=NC1=O. The maximum absolute atomic E-state index is 12.5. The van der Waals surface area contributed by atoms with Gasteiger partial charge >= 0.3 is 11.8 Å². The van der Waals surface area contributed by atoms with E-state index < -0.39 is 21.8 Å². The van der Waals surface area contributed by atoms with E-state index in [-0.39, 0.29) is 15.6 Å². The molecule has 2 amide bonds. The molecule has 0 unspecified atom stereocenters. The van der Waals surface area contributed by atoms with E-state index in [1.165, 1.54) is 22.5 Å². The number of fused-ring (bicyclic) bond motifs is 1. The highest BCUT2D eigenvalue weighted by Gasteiger charge is 2.26. The number of nitrogens with one attached hydrogen (secondary N) is 1. The number of hydrogen-bond acceptors (Lipinski definition) is 5. The second kappa shape index (κ2) is 5.10. The molecule has 21 heavy (non-hydrogen) atoms. The van der Waals surface area contributed by atoms with Gasteiger partial charge in [0.25, 0.3) is 0 Å². The molecule has 0 bridgehead atoms. The van der Waals surface area contributed by atoms with Gasteiger partial charge in [-0.3, -0.25) is 9.59 Å². The molecule has 9 heteroatoms. The maximum atomic E-state index is 12.5. The summed E-state index contributed by atoms with van der Waals surface area (Å²) in [5.74, 6) is -1.93. The van der Waals surface area contributed by atoms with Crippen molar-refractivity contribution in [3.63, 3.8) is 0 Å². The summed E-state index contributed by atoms with van der Waals surface area (Å²) >= 11 is 0. The van der Waals surface area contributed by atoms with Crippen LogP contribution in [0.3, 0.4) is 0 Å². The molecule has 3 rings (SSSR count). The van der Waals surface area contributed by atoms with Crippen molar-refractivity contribution in [2.75, 3.05) is 26.2 Å². The second-order valence-electron chi connectivity index (χ2n) is 4.64. The first-order valence-corrected chi connectivity index (χ1v) is 7.79. The van der Waals surface area contributed by atoms with Crippen molar-refractivity contribution in [2.24, 2.45) is 9.98 Å². The summed E-state index contributed by atoms with van der Waals surface area (Å²) in [5.41, 5.74) is 0. The van der Waals surface area contributed by atoms with Gasteiger partial charge in [-0.2, -0.15) is 4.31 Å². The average molecular weight is 308 g/mol. The van der Waals surface area contributed by atoms with Crippen molar-refractivity contribution in [1.29, 1.82) is 0 Å². The zero-order chi connectivity index (χ0) is 15.0. The average Bonchev–Trinajstić information content (AvgIpc) is 2.49. The van der Waals surface area contributed by atoms with Gasteiger partial charge in [0.15, 0.2) is 0 Å². The molecule has 0 saturated carbocycles. The fourth-order valence-electron chi connectivity index (χ4n) is 2.20. The molecule has 0 aliphatic carbocycles. The first-order valence-electron chi connectivity index (χ1n) is 6.35. The van der Waals surface area contributed by atoms with Gasteiger partial charge in [0, 0.05) is 26.2 Å². The number of rotatable bonds is 2. The molecule has 2 aliphatic heterocycles. The summed E-state index contributed by atoms with van der Waals surface area (Å²) in [6.07, 6.45) is 0. The zero-order valence-corrected chi connectivity index (χ0v) is 11.8. The van der Waals surface area contributed by atoms with Gasteiger partial charge in [0.1, 0.15) is 0 Å². The third-order valence-corrected chi connectivity index (χ3v) is 5.18. The second-order valence-corrected chi connectivity index (χ2v) is 6.58. The van der Waals surface area contributed by atoms with E-state index in [1.807, 2.05) is 0 Å². The number of carbonyl (C=O) groups is 2. The topological polar surface area (TPSA) is 108 Å². The van der Waals surface area contributed by atoms with Crippen LogP contribution in [0.2, 0.25) is 0 Å². The first-order chi connectivity index (χ1) is 9.98. The minimum Gasteiger partial charge on any atom is -0.314 e. The Morgan fingerprint density at radius 1 is 1.00 bits per heavy atom. The predicted molar refractivity (Wildman–Crippen MR) is 70.4 cm³/mol. The molecule has 1 fully saturated rings. The highest BCUT2D eigenvalue weighted by molar-refractivity contribution is 7.89. The van der Waals surface area contributed by atoms with Crippen LogP contribution in [0, 0.1) is 0 Å². The van der Waals surface area contributed by atoms with E-state index in [2.05, 4.69) is 15.3 Å². The maximum Gasteiger partial charge on any atom is 0.338 e. The van der Waals surface area contributed by atoms with Gasteiger partial charge in [0.2, 0.25) is 10.0 Å². The number of nitrogens with zero attached hydrogens (tertiary/aromatic N) is 3. The van der Waals surface area contributed by atoms with Gasteiger partial charge in [-0.1, -0.05) is 0 Å². The Morgan fingerprint density at radius 3 is 2.29 bits per heavy atom. The minimum absolute atomic E-state index is 0.0456. The van der Waals surface area contributed by atoms with E-state index in [4.69, 9.17) is 0 Å². The number of benzene rings is 1. The summed E-state index contributed by atoms with van der Waals surface area (Å²) < 4.78 is 26.4. The van der Waals surface area contributed by atoms with E-state index in [9.17, 15) is 18.0 Å². The van der Waals surface area contributed by atoms with E-state index in [0.717, 1.165) is 0 Å². The summed E-state index contributed by atoms with van der Waals surface area (Å²) in [4.78, 5) is 29.6. The lowest BCUT2D eigenvalue weighted by Gasteiger charge is -2.26. The van der Waals surface area contributed by atoms with Crippen molar-refractivity contribution < 1.29 is 18.0 Å². The number of carbonyl (C=O) groups excluding carboxylic acids is 2. The third kappa shape index (κ3) is 2.50. The van der Waals surface area contributed by atoms with E-state index in [0.29, 0.717) is 26.2 Å². The fraction of sp³-hybridized carbons (Fsp3) is 0.333. The summed E-state index contributed by atoms with van der Waals surface area (Å²) in [5, 5.41) is 3.39. The molecule has 1 saturated heterocycles. The van der Waals surface area contributed by atoms with Crippen LogP contribution in [0.4, 0.5) is 0 Å². The molecular formula is C12H12N4O4S. The Morgan fingerprint density at radius 2 is 1.62 bits per heavy atom. The van der Waals surface area contributed by atoms with Crippen molar-refractivity contribution in [2.45, 2.75) is 4.90 Å². The fourth-order valence-corrected chi connectivity index (χ4v) is 3.66.